The number of fused-ring (bicyclic) bond motifs is 1. The molecule has 0 aliphatic heterocycles. The average Bonchev–Trinajstić information content (AvgIpc) is 3.16. The number of nitrogens with one attached hydrogen (secondary N) is 2. The second-order valence-electron chi connectivity index (χ2n) is 7.54. The monoisotopic (exact) mass is 443 g/mol. The van der Waals surface area contributed by atoms with E-state index >= 15 is 0 Å². The molecule has 8 nitrogen and oxygen atoms in total. The molecule has 3 rings (SSSR count). The molecular formula is C22H22ClN3O5. The number of nitro benzene ring substituents is 1. The summed E-state index contributed by atoms with van der Waals surface area (Å²) in [5.41, 5.74) is 0.384. The Labute approximate surface area is 183 Å². The molecule has 0 bridgehead atoms. The number of nitrogens with zero attached hydrogens (tertiary/aromatic N) is 1. The standard InChI is InChI=1S/C22H22ClN3O5/c1-12(2)20(25-21(27)15-8-9-16(23)17(10-15)26(29)30)22(28)24-13(3)19-11-14-6-4-5-7-18(14)31-19/h4-13,20H,1-3H3,(H,24,28)(H,25,27)/t13?,20-/m0/s1. The number of nitro groups is 1. The van der Waals surface area contributed by atoms with Gasteiger partial charge >= 0.3 is 0 Å². The van der Waals surface area contributed by atoms with Crippen molar-refractivity contribution in [3.05, 3.63) is 75.0 Å². The van der Waals surface area contributed by atoms with Crippen molar-refractivity contribution < 1.29 is 18.9 Å². The second-order valence-corrected chi connectivity index (χ2v) is 7.94. The summed E-state index contributed by atoms with van der Waals surface area (Å²) < 4.78 is 5.79. The lowest BCUT2D eigenvalue weighted by molar-refractivity contribution is -0.384. The molecular weight excluding hydrogens is 422 g/mol. The highest BCUT2D eigenvalue weighted by atomic mass is 35.5. The van der Waals surface area contributed by atoms with E-state index in [2.05, 4.69) is 10.6 Å². The molecule has 31 heavy (non-hydrogen) atoms. The Morgan fingerprint density at radius 2 is 1.77 bits per heavy atom. The molecule has 0 saturated heterocycles. The molecule has 0 fully saturated rings. The highest BCUT2D eigenvalue weighted by molar-refractivity contribution is 6.32. The second kappa shape index (κ2) is 9.18. The molecule has 2 aromatic carbocycles. The van der Waals surface area contributed by atoms with Crippen LogP contribution >= 0.6 is 11.6 Å². The van der Waals surface area contributed by atoms with Crippen molar-refractivity contribution in [1.82, 2.24) is 10.6 Å². The van der Waals surface area contributed by atoms with Crippen LogP contribution in [-0.4, -0.2) is 22.8 Å². The van der Waals surface area contributed by atoms with Crippen LogP contribution in [-0.2, 0) is 4.79 Å². The number of furan rings is 1. The minimum atomic E-state index is -0.853. The first-order valence-electron chi connectivity index (χ1n) is 9.71. The highest BCUT2D eigenvalue weighted by Crippen LogP contribution is 2.26. The summed E-state index contributed by atoms with van der Waals surface area (Å²) >= 11 is 5.80. The number of carbonyl (C=O) groups is 2. The molecule has 1 unspecified atom stereocenters. The molecule has 0 radical (unpaired) electrons. The van der Waals surface area contributed by atoms with Gasteiger partial charge in [0.25, 0.3) is 11.6 Å². The number of carbonyl (C=O) groups excluding carboxylic acids is 2. The van der Waals surface area contributed by atoms with Gasteiger partial charge in [-0.05, 0) is 37.1 Å². The zero-order valence-corrected chi connectivity index (χ0v) is 18.0. The maximum absolute atomic E-state index is 12.9. The predicted molar refractivity (Wildman–Crippen MR) is 117 cm³/mol. The summed E-state index contributed by atoms with van der Waals surface area (Å²) in [6, 6.07) is 11.8. The molecule has 1 aromatic heterocycles. The summed E-state index contributed by atoms with van der Waals surface area (Å²) in [6.07, 6.45) is 0. The van der Waals surface area contributed by atoms with Gasteiger partial charge in [-0.15, -0.1) is 0 Å². The fraction of sp³-hybridized carbons (Fsp3) is 0.273. The number of hydrogen-bond donors (Lipinski definition) is 2. The van der Waals surface area contributed by atoms with Crippen LogP contribution in [0.4, 0.5) is 5.69 Å². The van der Waals surface area contributed by atoms with E-state index in [-0.39, 0.29) is 28.1 Å². The molecule has 162 valence electrons. The number of halogens is 1. The Hall–Kier alpha value is -3.39. The Kier molecular flexibility index (Phi) is 6.60. The SMILES string of the molecule is CC(NC(=O)[C@@H](NC(=O)c1ccc(Cl)c([N+](=O)[O-])c1)C(C)C)c1cc2ccccc2o1. The molecule has 9 heteroatoms. The van der Waals surface area contributed by atoms with E-state index < -0.39 is 22.9 Å². The van der Waals surface area contributed by atoms with Gasteiger partial charge in [-0.2, -0.15) is 0 Å². The zero-order chi connectivity index (χ0) is 22.7. The number of hydrogen-bond acceptors (Lipinski definition) is 5. The third kappa shape index (κ3) is 5.03. The summed E-state index contributed by atoms with van der Waals surface area (Å²) in [4.78, 5) is 35.9. The maximum Gasteiger partial charge on any atom is 0.288 e. The van der Waals surface area contributed by atoms with Gasteiger partial charge in [-0.1, -0.05) is 43.6 Å². The first-order chi connectivity index (χ1) is 14.7. The Morgan fingerprint density at radius 3 is 2.42 bits per heavy atom. The Morgan fingerprint density at radius 1 is 1.06 bits per heavy atom. The van der Waals surface area contributed by atoms with E-state index in [4.69, 9.17) is 16.0 Å². The fourth-order valence-electron chi connectivity index (χ4n) is 3.14. The topological polar surface area (TPSA) is 114 Å². The van der Waals surface area contributed by atoms with Crippen molar-refractivity contribution in [2.45, 2.75) is 32.9 Å². The van der Waals surface area contributed by atoms with Crippen LogP contribution in [0.1, 0.15) is 42.9 Å². The van der Waals surface area contributed by atoms with Gasteiger partial charge in [0.2, 0.25) is 5.91 Å². The molecule has 2 amide bonds. The van der Waals surface area contributed by atoms with Crippen LogP contribution in [0.5, 0.6) is 0 Å². The lowest BCUT2D eigenvalue weighted by Gasteiger charge is -2.23. The number of rotatable bonds is 7. The van der Waals surface area contributed by atoms with Crippen molar-refractivity contribution in [2.75, 3.05) is 0 Å². The van der Waals surface area contributed by atoms with Crippen LogP contribution in [0.2, 0.25) is 5.02 Å². The molecule has 1 heterocycles. The van der Waals surface area contributed by atoms with Crippen molar-refractivity contribution in [2.24, 2.45) is 5.92 Å². The van der Waals surface area contributed by atoms with E-state index in [1.807, 2.05) is 30.3 Å². The van der Waals surface area contributed by atoms with E-state index in [0.717, 1.165) is 17.0 Å². The largest absolute Gasteiger partial charge is 0.459 e. The first-order valence-corrected chi connectivity index (χ1v) is 10.1. The number of benzene rings is 2. The molecule has 2 N–H and O–H groups in total. The smallest absolute Gasteiger partial charge is 0.288 e. The Bertz CT molecular complexity index is 1110. The quantitative estimate of drug-likeness (QED) is 0.408. The van der Waals surface area contributed by atoms with Gasteiger partial charge in [-0.25, -0.2) is 0 Å². The van der Waals surface area contributed by atoms with Crippen molar-refractivity contribution >= 4 is 40.1 Å². The zero-order valence-electron chi connectivity index (χ0n) is 17.2. The van der Waals surface area contributed by atoms with Gasteiger partial charge in [0.1, 0.15) is 22.4 Å². The minimum Gasteiger partial charge on any atom is -0.459 e. The van der Waals surface area contributed by atoms with Crippen LogP contribution in [0, 0.1) is 16.0 Å². The van der Waals surface area contributed by atoms with Gasteiger partial charge in [0, 0.05) is 17.0 Å². The Balaban J connectivity index is 1.73. The minimum absolute atomic E-state index is 0.0416. The molecule has 0 spiro atoms. The van der Waals surface area contributed by atoms with Crippen LogP contribution in [0.3, 0.4) is 0 Å². The maximum atomic E-state index is 12.9. The predicted octanol–water partition coefficient (Wildman–Crippen LogP) is 4.63. The molecule has 0 aliphatic carbocycles. The van der Waals surface area contributed by atoms with Crippen LogP contribution in [0.15, 0.2) is 52.9 Å². The average molecular weight is 444 g/mol. The first kappa shape index (κ1) is 22.3. The van der Waals surface area contributed by atoms with Crippen LogP contribution in [0.25, 0.3) is 11.0 Å². The highest BCUT2D eigenvalue weighted by Gasteiger charge is 2.27. The third-order valence-electron chi connectivity index (χ3n) is 4.87. The summed E-state index contributed by atoms with van der Waals surface area (Å²) in [7, 11) is 0. The fourth-order valence-corrected chi connectivity index (χ4v) is 3.33. The molecule has 0 saturated carbocycles. The van der Waals surface area contributed by atoms with Crippen molar-refractivity contribution in [3.8, 4) is 0 Å². The summed E-state index contributed by atoms with van der Waals surface area (Å²) in [5.74, 6) is -0.629. The van der Waals surface area contributed by atoms with E-state index in [1.54, 1.807) is 20.8 Å². The summed E-state index contributed by atoms with van der Waals surface area (Å²) in [5, 5.41) is 17.4. The molecule has 0 aliphatic rings. The number of para-hydroxylation sites is 1. The van der Waals surface area contributed by atoms with Gasteiger partial charge in [0.05, 0.1) is 11.0 Å². The van der Waals surface area contributed by atoms with E-state index in [0.29, 0.717) is 5.76 Å². The molecule has 3 aromatic rings. The lowest BCUT2D eigenvalue weighted by Crippen LogP contribution is -2.50. The van der Waals surface area contributed by atoms with Crippen molar-refractivity contribution in [1.29, 1.82) is 0 Å². The van der Waals surface area contributed by atoms with Crippen LogP contribution < -0.4 is 10.6 Å². The van der Waals surface area contributed by atoms with Gasteiger partial charge in [0.15, 0.2) is 0 Å². The number of amides is 2. The third-order valence-corrected chi connectivity index (χ3v) is 5.19. The van der Waals surface area contributed by atoms with E-state index in [1.165, 1.54) is 12.1 Å². The van der Waals surface area contributed by atoms with E-state index in [9.17, 15) is 19.7 Å². The lowest BCUT2D eigenvalue weighted by atomic mass is 10.0. The van der Waals surface area contributed by atoms with Gasteiger partial charge in [-0.3, -0.25) is 19.7 Å². The molecule has 2 atom stereocenters. The van der Waals surface area contributed by atoms with Gasteiger partial charge < -0.3 is 15.1 Å². The normalized spacial score (nSPS) is 13.1. The summed E-state index contributed by atoms with van der Waals surface area (Å²) in [6.45, 7) is 5.37. The van der Waals surface area contributed by atoms with Crippen molar-refractivity contribution in [3.63, 3.8) is 0 Å².